The maximum atomic E-state index is 10.6. The Balaban J connectivity index is 2.19. The number of aromatic nitrogens is 1. The van der Waals surface area contributed by atoms with Crippen LogP contribution in [0.4, 0.5) is 11.5 Å². The smallest absolute Gasteiger partial charge is 0.276 e. The molecule has 2 atom stereocenters. The molecule has 6 heteroatoms. The van der Waals surface area contributed by atoms with Crippen molar-refractivity contribution in [3.05, 3.63) is 27.4 Å². The van der Waals surface area contributed by atoms with E-state index in [0.29, 0.717) is 17.8 Å². The molecule has 80 valence electrons. The normalized spacial score (nSPS) is 23.6. The molecule has 2 unspecified atom stereocenters. The van der Waals surface area contributed by atoms with Crippen molar-refractivity contribution in [1.82, 2.24) is 4.98 Å². The Morgan fingerprint density at radius 2 is 2.33 bits per heavy atom. The lowest BCUT2D eigenvalue weighted by molar-refractivity contribution is -0.384. The van der Waals surface area contributed by atoms with E-state index in [1.54, 1.807) is 0 Å². The van der Waals surface area contributed by atoms with Gasteiger partial charge in [0.05, 0.1) is 17.1 Å². The zero-order valence-corrected chi connectivity index (χ0v) is 8.86. The van der Waals surface area contributed by atoms with Crippen molar-refractivity contribution < 1.29 is 4.92 Å². The molecule has 2 rings (SSSR count). The highest BCUT2D eigenvalue weighted by Gasteiger charge is 2.32. The van der Waals surface area contributed by atoms with E-state index < -0.39 is 4.92 Å². The summed E-state index contributed by atoms with van der Waals surface area (Å²) in [5, 5.41) is 13.8. The van der Waals surface area contributed by atoms with E-state index in [1.807, 2.05) is 0 Å². The number of hydrogen-bond acceptors (Lipinski definition) is 4. The van der Waals surface area contributed by atoms with Gasteiger partial charge in [-0.3, -0.25) is 10.1 Å². The van der Waals surface area contributed by atoms with Gasteiger partial charge in [-0.05, 0) is 12.3 Å². The number of nitrogens with zero attached hydrogens (tertiary/aromatic N) is 2. The zero-order chi connectivity index (χ0) is 11.0. The highest BCUT2D eigenvalue weighted by Crippen LogP contribution is 2.33. The van der Waals surface area contributed by atoms with E-state index in [9.17, 15) is 10.1 Å². The van der Waals surface area contributed by atoms with E-state index in [1.165, 1.54) is 12.1 Å². The Labute approximate surface area is 91.6 Å². The molecule has 0 aromatic carbocycles. The van der Waals surface area contributed by atoms with Gasteiger partial charge in [0.25, 0.3) is 5.69 Å². The Morgan fingerprint density at radius 3 is 2.87 bits per heavy atom. The molecule has 0 spiro atoms. The fraction of sp³-hybridized carbons (Fsp3) is 0.444. The van der Waals surface area contributed by atoms with Crippen molar-refractivity contribution in [2.45, 2.75) is 19.4 Å². The molecule has 1 heterocycles. The SMILES string of the molecule is CC1CC1Nc1cc([N+](=O)[O-])cc(Cl)n1. The molecule has 1 aliphatic rings. The van der Waals surface area contributed by atoms with Crippen LogP contribution in [-0.4, -0.2) is 15.9 Å². The first-order valence-electron chi connectivity index (χ1n) is 4.65. The highest BCUT2D eigenvalue weighted by molar-refractivity contribution is 6.29. The van der Waals surface area contributed by atoms with Crippen LogP contribution in [0.5, 0.6) is 0 Å². The zero-order valence-electron chi connectivity index (χ0n) is 8.11. The van der Waals surface area contributed by atoms with Crippen molar-refractivity contribution in [3.8, 4) is 0 Å². The van der Waals surface area contributed by atoms with Crippen LogP contribution in [0.1, 0.15) is 13.3 Å². The molecule has 0 saturated heterocycles. The molecular formula is C9H10ClN3O2. The third-order valence-corrected chi connectivity index (χ3v) is 2.63. The summed E-state index contributed by atoms with van der Waals surface area (Å²) in [7, 11) is 0. The van der Waals surface area contributed by atoms with Gasteiger partial charge in [-0.2, -0.15) is 0 Å². The summed E-state index contributed by atoms with van der Waals surface area (Å²) < 4.78 is 0. The van der Waals surface area contributed by atoms with Gasteiger partial charge in [0.2, 0.25) is 0 Å². The molecule has 1 saturated carbocycles. The summed E-state index contributed by atoms with van der Waals surface area (Å²) in [5.74, 6) is 1.08. The van der Waals surface area contributed by atoms with Gasteiger partial charge >= 0.3 is 0 Å². The molecule has 0 amide bonds. The summed E-state index contributed by atoms with van der Waals surface area (Å²) in [6.07, 6.45) is 1.07. The van der Waals surface area contributed by atoms with Crippen LogP contribution in [0.15, 0.2) is 12.1 Å². The minimum absolute atomic E-state index is 0.0363. The second-order valence-electron chi connectivity index (χ2n) is 3.75. The van der Waals surface area contributed by atoms with Gasteiger partial charge in [0.1, 0.15) is 11.0 Å². The Hall–Kier alpha value is -1.36. The molecule has 1 aliphatic carbocycles. The average molecular weight is 228 g/mol. The average Bonchev–Trinajstić information content (AvgIpc) is 2.80. The van der Waals surface area contributed by atoms with Crippen molar-refractivity contribution in [2.24, 2.45) is 5.92 Å². The van der Waals surface area contributed by atoms with Crippen molar-refractivity contribution >= 4 is 23.1 Å². The molecule has 1 aromatic rings. The maximum Gasteiger partial charge on any atom is 0.276 e. The molecule has 0 radical (unpaired) electrons. The first kappa shape index (κ1) is 10.2. The fourth-order valence-electron chi connectivity index (χ4n) is 1.38. The predicted octanol–water partition coefficient (Wildman–Crippen LogP) is 2.46. The number of halogens is 1. The van der Waals surface area contributed by atoms with Crippen LogP contribution in [-0.2, 0) is 0 Å². The number of anilines is 1. The summed E-state index contributed by atoms with van der Waals surface area (Å²) in [6.45, 7) is 2.11. The second kappa shape index (κ2) is 3.66. The summed E-state index contributed by atoms with van der Waals surface area (Å²) in [5.41, 5.74) is -0.0363. The molecule has 0 aliphatic heterocycles. The summed E-state index contributed by atoms with van der Waals surface area (Å²) in [4.78, 5) is 14.1. The quantitative estimate of drug-likeness (QED) is 0.489. The van der Waals surface area contributed by atoms with Gasteiger partial charge in [0.15, 0.2) is 0 Å². The minimum atomic E-state index is -0.477. The van der Waals surface area contributed by atoms with Gasteiger partial charge in [-0.25, -0.2) is 4.98 Å². The van der Waals surface area contributed by atoms with E-state index in [-0.39, 0.29) is 10.8 Å². The van der Waals surface area contributed by atoms with Crippen molar-refractivity contribution in [3.63, 3.8) is 0 Å². The molecule has 1 aromatic heterocycles. The van der Waals surface area contributed by atoms with Crippen LogP contribution in [0, 0.1) is 16.0 Å². The van der Waals surface area contributed by atoms with E-state index in [0.717, 1.165) is 6.42 Å². The lowest BCUT2D eigenvalue weighted by atomic mass is 10.4. The molecular weight excluding hydrogens is 218 g/mol. The molecule has 0 bridgehead atoms. The third-order valence-electron chi connectivity index (χ3n) is 2.43. The molecule has 1 fully saturated rings. The topological polar surface area (TPSA) is 68.1 Å². The number of nitrogens with one attached hydrogen (secondary N) is 1. The lowest BCUT2D eigenvalue weighted by Gasteiger charge is -2.03. The summed E-state index contributed by atoms with van der Waals surface area (Å²) >= 11 is 5.68. The Kier molecular flexibility index (Phi) is 2.48. The second-order valence-corrected chi connectivity index (χ2v) is 4.14. The standard InChI is InChI=1S/C9H10ClN3O2/c1-5-2-7(5)11-9-4-6(13(14)15)3-8(10)12-9/h3-5,7H,2H2,1H3,(H,11,12). The monoisotopic (exact) mass is 227 g/mol. The molecule has 1 N–H and O–H groups in total. The number of rotatable bonds is 3. The summed E-state index contributed by atoms with van der Waals surface area (Å²) in [6, 6.07) is 3.01. The van der Waals surface area contributed by atoms with E-state index in [4.69, 9.17) is 11.6 Å². The van der Waals surface area contributed by atoms with Crippen molar-refractivity contribution in [1.29, 1.82) is 0 Å². The first-order chi connectivity index (χ1) is 7.06. The van der Waals surface area contributed by atoms with Gasteiger partial charge in [-0.1, -0.05) is 18.5 Å². The van der Waals surface area contributed by atoms with E-state index in [2.05, 4.69) is 17.2 Å². The van der Waals surface area contributed by atoms with Crippen LogP contribution in [0.3, 0.4) is 0 Å². The largest absolute Gasteiger partial charge is 0.367 e. The van der Waals surface area contributed by atoms with Gasteiger partial charge in [-0.15, -0.1) is 0 Å². The van der Waals surface area contributed by atoms with Gasteiger partial charge in [0, 0.05) is 6.04 Å². The Morgan fingerprint density at radius 1 is 1.67 bits per heavy atom. The van der Waals surface area contributed by atoms with Crippen LogP contribution in [0.25, 0.3) is 0 Å². The van der Waals surface area contributed by atoms with E-state index >= 15 is 0 Å². The predicted molar refractivity (Wildman–Crippen MR) is 57.1 cm³/mol. The fourth-order valence-corrected chi connectivity index (χ4v) is 1.58. The number of hydrogen-bond donors (Lipinski definition) is 1. The molecule has 15 heavy (non-hydrogen) atoms. The number of nitro groups is 1. The van der Waals surface area contributed by atoms with Gasteiger partial charge < -0.3 is 5.32 Å². The lowest BCUT2D eigenvalue weighted by Crippen LogP contribution is -2.05. The third kappa shape index (κ3) is 2.36. The number of pyridine rings is 1. The highest BCUT2D eigenvalue weighted by atomic mass is 35.5. The molecule has 5 nitrogen and oxygen atoms in total. The van der Waals surface area contributed by atoms with Crippen LogP contribution in [0.2, 0.25) is 5.15 Å². The Bertz CT molecular complexity index is 410. The van der Waals surface area contributed by atoms with Crippen molar-refractivity contribution in [2.75, 3.05) is 5.32 Å². The van der Waals surface area contributed by atoms with Crippen LogP contribution < -0.4 is 5.32 Å². The first-order valence-corrected chi connectivity index (χ1v) is 5.02. The maximum absolute atomic E-state index is 10.6. The van der Waals surface area contributed by atoms with Crippen LogP contribution >= 0.6 is 11.6 Å². The minimum Gasteiger partial charge on any atom is -0.367 e.